The fourth-order valence-corrected chi connectivity index (χ4v) is 5.77. The normalized spacial score (nSPS) is 23.9. The molecule has 128 valence electrons. The monoisotopic (exact) mass is 367 g/mol. The number of fused-ring (bicyclic) bond motifs is 1. The minimum atomic E-state index is -1.08. The van der Waals surface area contributed by atoms with Crippen LogP contribution in [0.2, 0.25) is 0 Å². The third kappa shape index (κ3) is 3.18. The van der Waals surface area contributed by atoms with Crippen LogP contribution in [0.15, 0.2) is 40.5 Å². The van der Waals surface area contributed by atoms with Gasteiger partial charge in [0, 0.05) is 24.3 Å². The number of aliphatic carboxylic acids is 1. The molecule has 24 heavy (non-hydrogen) atoms. The molecule has 0 spiro atoms. The zero-order valence-corrected chi connectivity index (χ0v) is 14.8. The second-order valence-corrected chi connectivity index (χ2v) is 8.23. The Kier molecular flexibility index (Phi) is 5.17. The molecule has 2 aliphatic heterocycles. The van der Waals surface area contributed by atoms with Gasteiger partial charge in [0.1, 0.15) is 11.9 Å². The molecule has 3 rings (SSSR count). The third-order valence-corrected chi connectivity index (χ3v) is 6.78. The van der Waals surface area contributed by atoms with Gasteiger partial charge in [-0.25, -0.2) is 9.36 Å². The molecule has 8 heteroatoms. The van der Waals surface area contributed by atoms with E-state index >= 15 is 0 Å². The van der Waals surface area contributed by atoms with Crippen LogP contribution in [-0.2, 0) is 16.1 Å². The van der Waals surface area contributed by atoms with E-state index in [9.17, 15) is 19.8 Å². The predicted octanol–water partition coefficient (Wildman–Crippen LogP) is 1.26. The number of carboxylic acids is 1. The Hall–Kier alpha value is -1.51. The van der Waals surface area contributed by atoms with E-state index in [1.54, 1.807) is 6.92 Å². The van der Waals surface area contributed by atoms with E-state index in [0.29, 0.717) is 4.24 Å². The standard InChI is InChI=1S/C16H18N2O4S2/c1-10(19)11-13(20)18-12(15(21)22)16(24-14(11)18)23-9-5-8-17-6-3-2-4-7-17/h2-4,6-7,10-11,14,19H,5,8-9H2,1H3/p+1/t10-,11+,14-/m1/s1. The second kappa shape index (κ2) is 7.16. The molecule has 2 N–H and O–H groups in total. The lowest BCUT2D eigenvalue weighted by Gasteiger charge is -2.43. The number of aliphatic hydroxyl groups is 1. The largest absolute Gasteiger partial charge is 0.477 e. The molecule has 6 nitrogen and oxygen atoms in total. The minimum absolute atomic E-state index is 0.0734. The number of amides is 1. The van der Waals surface area contributed by atoms with Crippen LogP contribution in [-0.4, -0.2) is 44.2 Å². The van der Waals surface area contributed by atoms with E-state index in [0.717, 1.165) is 18.7 Å². The van der Waals surface area contributed by atoms with E-state index in [1.807, 2.05) is 30.6 Å². The summed E-state index contributed by atoms with van der Waals surface area (Å²) < 4.78 is 2.75. The number of hydrogen-bond acceptors (Lipinski definition) is 5. The van der Waals surface area contributed by atoms with Gasteiger partial charge in [-0.1, -0.05) is 17.8 Å². The first-order valence-electron chi connectivity index (χ1n) is 7.73. The SMILES string of the molecule is C[C@@H](O)[C@H]1C(=O)N2C(C(=O)O)=C(SCCC[n+]3ccccc3)S[C@H]12. The summed E-state index contributed by atoms with van der Waals surface area (Å²) in [7, 11) is 0. The zero-order valence-electron chi connectivity index (χ0n) is 13.2. The molecule has 0 saturated carbocycles. The van der Waals surface area contributed by atoms with Crippen molar-refractivity contribution in [3.05, 3.63) is 40.5 Å². The highest BCUT2D eigenvalue weighted by atomic mass is 32.2. The van der Waals surface area contributed by atoms with Crippen molar-refractivity contribution in [1.82, 2.24) is 4.90 Å². The molecule has 3 atom stereocenters. The molecule has 0 bridgehead atoms. The Bertz CT molecular complexity index is 678. The van der Waals surface area contributed by atoms with Gasteiger partial charge < -0.3 is 10.2 Å². The van der Waals surface area contributed by atoms with Crippen LogP contribution in [0.5, 0.6) is 0 Å². The van der Waals surface area contributed by atoms with Crippen LogP contribution < -0.4 is 4.57 Å². The smallest absolute Gasteiger partial charge is 0.354 e. The van der Waals surface area contributed by atoms with Crippen LogP contribution in [0.1, 0.15) is 13.3 Å². The summed E-state index contributed by atoms with van der Waals surface area (Å²) in [6.45, 7) is 2.43. The lowest BCUT2D eigenvalue weighted by Crippen LogP contribution is -2.60. The van der Waals surface area contributed by atoms with Crippen molar-refractivity contribution < 1.29 is 24.4 Å². The molecule has 3 heterocycles. The van der Waals surface area contributed by atoms with Crippen LogP contribution in [0.3, 0.4) is 0 Å². The molecule has 0 aliphatic carbocycles. The Balaban J connectivity index is 1.60. The number of nitrogens with zero attached hydrogens (tertiary/aromatic N) is 2. The first-order chi connectivity index (χ1) is 11.5. The van der Waals surface area contributed by atoms with Crippen LogP contribution in [0.4, 0.5) is 0 Å². The molecule has 0 radical (unpaired) electrons. The number of rotatable bonds is 7. The third-order valence-electron chi connectivity index (χ3n) is 4.04. The first kappa shape index (κ1) is 17.3. The topological polar surface area (TPSA) is 81.7 Å². The maximum atomic E-state index is 12.1. The number of pyridine rings is 1. The van der Waals surface area contributed by atoms with E-state index in [2.05, 4.69) is 4.57 Å². The van der Waals surface area contributed by atoms with Gasteiger partial charge in [0.05, 0.1) is 16.3 Å². The molecule has 1 saturated heterocycles. The first-order valence-corrected chi connectivity index (χ1v) is 9.59. The Morgan fingerprint density at radius 2 is 2.12 bits per heavy atom. The van der Waals surface area contributed by atoms with Crippen molar-refractivity contribution in [3.63, 3.8) is 0 Å². The Morgan fingerprint density at radius 1 is 1.42 bits per heavy atom. The summed E-state index contributed by atoms with van der Waals surface area (Å²) in [5.74, 6) is -1.12. The number of carboxylic acid groups (broad SMARTS) is 1. The van der Waals surface area contributed by atoms with Gasteiger partial charge in [0.15, 0.2) is 18.1 Å². The van der Waals surface area contributed by atoms with Gasteiger partial charge in [-0.15, -0.1) is 11.8 Å². The van der Waals surface area contributed by atoms with Crippen LogP contribution in [0, 0.1) is 5.92 Å². The number of carbonyl (C=O) groups is 2. The molecule has 0 unspecified atom stereocenters. The number of aliphatic hydroxyl groups excluding tert-OH is 1. The van der Waals surface area contributed by atoms with Gasteiger partial charge >= 0.3 is 5.97 Å². The van der Waals surface area contributed by atoms with Crippen molar-refractivity contribution in [2.75, 3.05) is 5.75 Å². The second-order valence-electron chi connectivity index (χ2n) is 5.74. The fraction of sp³-hybridized carbons (Fsp3) is 0.438. The average molecular weight is 367 g/mol. The number of β-lactam (4-membered cyclic amide) rings is 1. The lowest BCUT2D eigenvalue weighted by atomic mass is 9.92. The van der Waals surface area contributed by atoms with Gasteiger partial charge in [-0.05, 0) is 6.92 Å². The Morgan fingerprint density at radius 3 is 2.75 bits per heavy atom. The number of aryl methyl sites for hydroxylation is 1. The highest BCUT2D eigenvalue weighted by Gasteiger charge is 2.57. The van der Waals surface area contributed by atoms with E-state index in [1.165, 1.54) is 28.4 Å². The maximum absolute atomic E-state index is 12.1. The van der Waals surface area contributed by atoms with Crippen molar-refractivity contribution in [3.8, 4) is 0 Å². The molecule has 2 aliphatic rings. The number of carbonyl (C=O) groups excluding carboxylic acids is 1. The molecular weight excluding hydrogens is 348 g/mol. The van der Waals surface area contributed by atoms with Crippen molar-refractivity contribution in [2.24, 2.45) is 5.92 Å². The Labute approximate surface area is 148 Å². The van der Waals surface area contributed by atoms with Gasteiger partial charge in [0.25, 0.3) is 0 Å². The van der Waals surface area contributed by atoms with Gasteiger partial charge in [0.2, 0.25) is 5.91 Å². The summed E-state index contributed by atoms with van der Waals surface area (Å²) >= 11 is 2.86. The number of aromatic nitrogens is 1. The van der Waals surface area contributed by atoms with Gasteiger partial charge in [-0.2, -0.15) is 0 Å². The molecule has 1 fully saturated rings. The highest BCUT2D eigenvalue weighted by Crippen LogP contribution is 2.53. The molecule has 0 aromatic carbocycles. The lowest BCUT2D eigenvalue weighted by molar-refractivity contribution is -0.696. The quantitative estimate of drug-likeness (QED) is 0.429. The summed E-state index contributed by atoms with van der Waals surface area (Å²) in [6, 6.07) is 5.90. The minimum Gasteiger partial charge on any atom is -0.477 e. The maximum Gasteiger partial charge on any atom is 0.354 e. The molecule has 1 amide bonds. The average Bonchev–Trinajstić information content (AvgIpc) is 2.86. The molecule has 1 aromatic heterocycles. The number of hydrogen-bond donors (Lipinski definition) is 2. The van der Waals surface area contributed by atoms with Crippen LogP contribution in [0.25, 0.3) is 0 Å². The summed E-state index contributed by atoms with van der Waals surface area (Å²) in [6.07, 6.45) is 4.12. The fourth-order valence-electron chi connectivity index (χ4n) is 2.85. The van der Waals surface area contributed by atoms with Gasteiger partial charge in [-0.3, -0.25) is 9.69 Å². The van der Waals surface area contributed by atoms with Crippen LogP contribution >= 0.6 is 23.5 Å². The predicted molar refractivity (Wildman–Crippen MR) is 91.8 cm³/mol. The van der Waals surface area contributed by atoms with E-state index in [4.69, 9.17) is 0 Å². The van der Waals surface area contributed by atoms with Crippen molar-refractivity contribution >= 4 is 35.4 Å². The van der Waals surface area contributed by atoms with E-state index < -0.39 is 18.0 Å². The molecular formula is C16H19N2O4S2+. The van der Waals surface area contributed by atoms with E-state index in [-0.39, 0.29) is 17.0 Å². The summed E-state index contributed by atoms with van der Waals surface area (Å²) in [5, 5.41) is 18.9. The highest BCUT2D eigenvalue weighted by molar-refractivity contribution is 8.22. The molecule has 1 aromatic rings. The number of thioether (sulfide) groups is 2. The summed E-state index contributed by atoms with van der Waals surface area (Å²) in [4.78, 5) is 25.0. The summed E-state index contributed by atoms with van der Waals surface area (Å²) in [5.41, 5.74) is 0.0734. The van der Waals surface area contributed by atoms with Crippen molar-refractivity contribution in [2.45, 2.75) is 31.4 Å². The zero-order chi connectivity index (χ0) is 17.3. The van der Waals surface area contributed by atoms with Crippen molar-refractivity contribution in [1.29, 1.82) is 0 Å².